The van der Waals surface area contributed by atoms with Crippen molar-refractivity contribution < 1.29 is 5.11 Å². The average Bonchev–Trinajstić information content (AvgIpc) is 2.48. The number of aliphatic hydroxyl groups excluding tert-OH is 1. The first-order valence-electron chi connectivity index (χ1n) is 6.53. The maximum absolute atomic E-state index is 10.4. The van der Waals surface area contributed by atoms with Gasteiger partial charge in [-0.15, -0.1) is 0 Å². The summed E-state index contributed by atoms with van der Waals surface area (Å²) in [5.74, 6) is 0.0371. The zero-order valence-electron chi connectivity index (χ0n) is 10.6. The Morgan fingerprint density at radius 1 is 0.895 bits per heavy atom. The molecule has 0 fully saturated rings. The smallest absolute Gasteiger partial charge is 0.0893 e. The van der Waals surface area contributed by atoms with Crippen LogP contribution in [0.5, 0.6) is 0 Å². The summed E-state index contributed by atoms with van der Waals surface area (Å²) in [4.78, 5) is 0. The van der Waals surface area contributed by atoms with Crippen molar-refractivity contribution in [3.8, 4) is 0 Å². The van der Waals surface area contributed by atoms with E-state index in [9.17, 15) is 5.11 Å². The summed E-state index contributed by atoms with van der Waals surface area (Å²) in [6.45, 7) is 0. The lowest BCUT2D eigenvalue weighted by molar-refractivity contribution is 0.150. The number of hydrogen-bond donors (Lipinski definition) is 1. The van der Waals surface area contributed by atoms with Crippen molar-refractivity contribution >= 4 is 12.2 Å². The van der Waals surface area contributed by atoms with E-state index in [-0.39, 0.29) is 5.92 Å². The first-order chi connectivity index (χ1) is 9.34. The van der Waals surface area contributed by atoms with E-state index in [0.717, 1.165) is 16.7 Å². The van der Waals surface area contributed by atoms with Crippen LogP contribution in [0, 0.1) is 5.92 Å². The summed E-state index contributed by atoms with van der Waals surface area (Å²) >= 11 is 0. The number of rotatable bonds is 2. The van der Waals surface area contributed by atoms with Crippen LogP contribution in [0.25, 0.3) is 12.2 Å². The van der Waals surface area contributed by atoms with E-state index >= 15 is 0 Å². The molecule has 0 amide bonds. The minimum absolute atomic E-state index is 0.0371. The third-order valence-corrected chi connectivity index (χ3v) is 3.49. The molecule has 0 aromatic heterocycles. The number of benzene rings is 2. The van der Waals surface area contributed by atoms with Crippen LogP contribution < -0.4 is 0 Å². The van der Waals surface area contributed by atoms with E-state index in [1.165, 1.54) is 0 Å². The lowest BCUT2D eigenvalue weighted by Crippen LogP contribution is -2.12. The normalized spacial score (nSPS) is 21.5. The van der Waals surface area contributed by atoms with Gasteiger partial charge in [0.25, 0.3) is 0 Å². The van der Waals surface area contributed by atoms with Crippen molar-refractivity contribution in [2.75, 3.05) is 0 Å². The van der Waals surface area contributed by atoms with E-state index in [1.54, 1.807) is 0 Å². The van der Waals surface area contributed by atoms with Crippen molar-refractivity contribution in [2.24, 2.45) is 5.92 Å². The van der Waals surface area contributed by atoms with Crippen LogP contribution in [0.3, 0.4) is 0 Å². The molecule has 1 aliphatic rings. The van der Waals surface area contributed by atoms with Gasteiger partial charge in [-0.3, -0.25) is 0 Å². The van der Waals surface area contributed by atoms with Gasteiger partial charge in [-0.25, -0.2) is 0 Å². The summed E-state index contributed by atoms with van der Waals surface area (Å²) < 4.78 is 0. The molecule has 0 heterocycles. The summed E-state index contributed by atoms with van der Waals surface area (Å²) in [6, 6.07) is 18.1. The van der Waals surface area contributed by atoms with Gasteiger partial charge >= 0.3 is 0 Å². The van der Waals surface area contributed by atoms with Crippen LogP contribution in [0.2, 0.25) is 0 Å². The Morgan fingerprint density at radius 2 is 1.63 bits per heavy atom. The largest absolute Gasteiger partial charge is 0.387 e. The molecule has 2 atom stereocenters. The fourth-order valence-corrected chi connectivity index (χ4v) is 2.42. The molecule has 1 aliphatic carbocycles. The van der Waals surface area contributed by atoms with E-state index in [1.807, 2.05) is 42.5 Å². The molecule has 0 spiro atoms. The predicted molar refractivity (Wildman–Crippen MR) is 79.4 cm³/mol. The molecular formula is C18H16O. The Labute approximate surface area is 113 Å². The van der Waals surface area contributed by atoms with Gasteiger partial charge in [0, 0.05) is 5.92 Å². The third kappa shape index (κ3) is 2.51. The quantitative estimate of drug-likeness (QED) is 0.849. The number of aliphatic hydroxyl groups is 1. The maximum atomic E-state index is 10.4. The SMILES string of the molecule is O[C@H]1c2ccccc2C=C[C@H]1/C=C/c1ccccc1. The lowest BCUT2D eigenvalue weighted by Gasteiger charge is -2.23. The Hall–Kier alpha value is -2.12. The van der Waals surface area contributed by atoms with E-state index in [2.05, 4.69) is 36.4 Å². The average molecular weight is 248 g/mol. The number of hydrogen-bond acceptors (Lipinski definition) is 1. The second-order valence-electron chi connectivity index (χ2n) is 4.78. The highest BCUT2D eigenvalue weighted by Gasteiger charge is 2.21. The van der Waals surface area contributed by atoms with Crippen LogP contribution in [-0.2, 0) is 0 Å². The zero-order chi connectivity index (χ0) is 13.1. The highest BCUT2D eigenvalue weighted by Crippen LogP contribution is 2.32. The van der Waals surface area contributed by atoms with Gasteiger partial charge in [0.1, 0.15) is 0 Å². The van der Waals surface area contributed by atoms with E-state index < -0.39 is 6.10 Å². The second-order valence-corrected chi connectivity index (χ2v) is 4.78. The molecule has 2 aromatic carbocycles. The van der Waals surface area contributed by atoms with Crippen molar-refractivity contribution in [1.82, 2.24) is 0 Å². The molecule has 94 valence electrons. The summed E-state index contributed by atoms with van der Waals surface area (Å²) in [5, 5.41) is 10.4. The fourth-order valence-electron chi connectivity index (χ4n) is 2.42. The first kappa shape index (κ1) is 11.9. The topological polar surface area (TPSA) is 20.2 Å². The van der Waals surface area contributed by atoms with Crippen molar-refractivity contribution in [3.05, 3.63) is 83.4 Å². The van der Waals surface area contributed by atoms with Crippen LogP contribution in [-0.4, -0.2) is 5.11 Å². The van der Waals surface area contributed by atoms with Crippen LogP contribution in [0.15, 0.2) is 66.7 Å². The Morgan fingerprint density at radius 3 is 2.47 bits per heavy atom. The molecule has 19 heavy (non-hydrogen) atoms. The van der Waals surface area contributed by atoms with Gasteiger partial charge in [0.15, 0.2) is 0 Å². The molecule has 0 unspecified atom stereocenters. The molecule has 2 aromatic rings. The summed E-state index contributed by atoms with van der Waals surface area (Å²) in [5.41, 5.74) is 3.27. The van der Waals surface area contributed by atoms with E-state index in [0.29, 0.717) is 0 Å². The van der Waals surface area contributed by atoms with Gasteiger partial charge in [-0.05, 0) is 16.7 Å². The minimum Gasteiger partial charge on any atom is -0.387 e. The fraction of sp³-hybridized carbons (Fsp3) is 0.111. The van der Waals surface area contributed by atoms with E-state index in [4.69, 9.17) is 0 Å². The molecule has 1 N–H and O–H groups in total. The van der Waals surface area contributed by atoms with Crippen molar-refractivity contribution in [3.63, 3.8) is 0 Å². The molecular weight excluding hydrogens is 232 g/mol. The molecule has 1 nitrogen and oxygen atoms in total. The Balaban J connectivity index is 1.83. The van der Waals surface area contributed by atoms with Crippen LogP contribution in [0.4, 0.5) is 0 Å². The standard InChI is InChI=1S/C18H16O/c19-18-16(11-10-14-6-2-1-3-7-14)13-12-15-8-4-5-9-17(15)18/h1-13,16,18-19H/b11-10+/t16-,18-/m1/s1. The molecule has 0 saturated heterocycles. The monoisotopic (exact) mass is 248 g/mol. The third-order valence-electron chi connectivity index (χ3n) is 3.49. The van der Waals surface area contributed by atoms with Gasteiger partial charge in [-0.2, -0.15) is 0 Å². The van der Waals surface area contributed by atoms with Gasteiger partial charge in [-0.1, -0.05) is 78.9 Å². The Bertz CT molecular complexity index is 611. The van der Waals surface area contributed by atoms with Crippen molar-refractivity contribution in [2.45, 2.75) is 6.10 Å². The van der Waals surface area contributed by atoms with Crippen molar-refractivity contribution in [1.29, 1.82) is 0 Å². The molecule has 1 heteroatoms. The first-order valence-corrected chi connectivity index (χ1v) is 6.53. The maximum Gasteiger partial charge on any atom is 0.0893 e. The molecule has 0 radical (unpaired) electrons. The zero-order valence-corrected chi connectivity index (χ0v) is 10.6. The molecule has 0 bridgehead atoms. The highest BCUT2D eigenvalue weighted by molar-refractivity contribution is 5.60. The van der Waals surface area contributed by atoms with Gasteiger partial charge in [0.2, 0.25) is 0 Å². The number of fused-ring (bicyclic) bond motifs is 1. The van der Waals surface area contributed by atoms with Crippen LogP contribution >= 0.6 is 0 Å². The molecule has 3 rings (SSSR count). The summed E-state index contributed by atoms with van der Waals surface area (Å²) in [7, 11) is 0. The Kier molecular flexibility index (Phi) is 3.30. The van der Waals surface area contributed by atoms with Gasteiger partial charge in [0.05, 0.1) is 6.10 Å². The van der Waals surface area contributed by atoms with Gasteiger partial charge < -0.3 is 5.11 Å². The highest BCUT2D eigenvalue weighted by atomic mass is 16.3. The van der Waals surface area contributed by atoms with Crippen LogP contribution in [0.1, 0.15) is 22.8 Å². The molecule has 0 saturated carbocycles. The minimum atomic E-state index is -0.457. The predicted octanol–water partition coefficient (Wildman–Crippen LogP) is 4.08. The molecule has 0 aliphatic heterocycles. The lowest BCUT2D eigenvalue weighted by atomic mass is 9.86. The second kappa shape index (κ2) is 5.25. The summed E-state index contributed by atoms with van der Waals surface area (Å²) in [6.07, 6.45) is 7.81.